The zero-order valence-electron chi connectivity index (χ0n) is 31.5. The van der Waals surface area contributed by atoms with Crippen LogP contribution >= 0.6 is 46.1 Å². The van der Waals surface area contributed by atoms with Gasteiger partial charge >= 0.3 is 0 Å². The first-order valence-electron chi connectivity index (χ1n) is 18.2. The fraction of sp³-hybridized carbons (Fsp3) is 0.410. The second kappa shape index (κ2) is 15.6. The largest absolute Gasteiger partial charge is 0.494 e. The van der Waals surface area contributed by atoms with Crippen molar-refractivity contribution in [2.75, 3.05) is 19.0 Å². The van der Waals surface area contributed by atoms with Gasteiger partial charge in [-0.05, 0) is 61.1 Å². The van der Waals surface area contributed by atoms with E-state index in [9.17, 15) is 22.8 Å². The molecule has 2 saturated carbocycles. The minimum atomic E-state index is -3.91. The fourth-order valence-corrected chi connectivity index (χ4v) is 9.85. The molecule has 302 valence electrons. The first-order chi connectivity index (χ1) is 26.9. The van der Waals surface area contributed by atoms with Gasteiger partial charge in [0.2, 0.25) is 27.7 Å². The lowest BCUT2D eigenvalue weighted by Gasteiger charge is -2.35. The normalized spacial score (nSPS) is 22.4. The standard InChI is InChI=1S/C39H41Cl3N6O7S2/c1-6-20-16-39(20,36(51)47-57(52,53)24-9-10-24)46-33(49)30-15-23(55-34-27-13-21(40)7-11-25(27)31(54-5)17-43-34)18-48(30)35(50)32(38(2,3)4)45-37-44-29(19-56-37)26-12-8-22(41)14-28(26)42/h6-8,11-14,17,19-20,23-24,30,32H,1,9-10,15-16,18H2,2-5H3,(H,44,45)(H,46,49)(H,47,51)/t20-,23-,30+,32-,39-/m1/s1. The van der Waals surface area contributed by atoms with Crippen LogP contribution < -0.4 is 24.8 Å². The Morgan fingerprint density at radius 2 is 1.81 bits per heavy atom. The summed E-state index contributed by atoms with van der Waals surface area (Å²) in [5, 5.41) is 10.4. The molecule has 57 heavy (non-hydrogen) atoms. The topological polar surface area (TPSA) is 169 Å². The SMILES string of the molecule is C=C[C@@H]1C[C@]1(NC(=O)[C@@H]1C[C@@H](Oc2ncc(OC)c3ccc(Cl)cc23)CN1C(=O)[C@@H](Nc1nc(-c2ccc(Cl)cc2Cl)cs1)C(C)(C)C)C(=O)NS(=O)(=O)C1CC1. The van der Waals surface area contributed by atoms with Crippen molar-refractivity contribution in [3.05, 3.63) is 75.7 Å². The number of anilines is 1. The number of fused-ring (bicyclic) bond motifs is 1. The molecule has 18 heteroatoms. The first kappa shape index (κ1) is 41.0. The minimum Gasteiger partial charge on any atom is -0.494 e. The van der Waals surface area contributed by atoms with Crippen molar-refractivity contribution in [2.24, 2.45) is 11.3 Å². The smallest absolute Gasteiger partial charge is 0.259 e. The van der Waals surface area contributed by atoms with Crippen LogP contribution in [0.25, 0.3) is 22.0 Å². The van der Waals surface area contributed by atoms with E-state index in [-0.39, 0.29) is 25.3 Å². The van der Waals surface area contributed by atoms with Crippen molar-refractivity contribution in [1.82, 2.24) is 24.9 Å². The van der Waals surface area contributed by atoms with Crippen molar-refractivity contribution in [2.45, 2.75) is 75.4 Å². The van der Waals surface area contributed by atoms with Crippen LogP contribution in [0.15, 0.2) is 60.6 Å². The first-order valence-corrected chi connectivity index (χ1v) is 21.8. The third-order valence-electron chi connectivity index (χ3n) is 10.5. The van der Waals surface area contributed by atoms with Crippen molar-refractivity contribution < 1.29 is 32.3 Å². The summed E-state index contributed by atoms with van der Waals surface area (Å²) in [7, 11) is -2.38. The molecule has 7 rings (SSSR count). The van der Waals surface area contributed by atoms with Gasteiger partial charge in [0.25, 0.3) is 5.91 Å². The summed E-state index contributed by atoms with van der Waals surface area (Å²) in [5.41, 5.74) is -1.000. The van der Waals surface area contributed by atoms with Gasteiger partial charge in [-0.15, -0.1) is 17.9 Å². The molecule has 2 aromatic carbocycles. The zero-order valence-corrected chi connectivity index (χ0v) is 35.4. The highest BCUT2D eigenvalue weighted by atomic mass is 35.5. The second-order valence-electron chi connectivity index (χ2n) is 15.6. The van der Waals surface area contributed by atoms with Crippen LogP contribution in [0.5, 0.6) is 11.6 Å². The maximum Gasteiger partial charge on any atom is 0.259 e. The van der Waals surface area contributed by atoms with Crippen LogP contribution in [-0.2, 0) is 24.4 Å². The summed E-state index contributed by atoms with van der Waals surface area (Å²) in [5.74, 6) is -1.69. The van der Waals surface area contributed by atoms with E-state index < -0.39 is 68.1 Å². The lowest BCUT2D eigenvalue weighted by Crippen LogP contribution is -2.58. The number of likely N-dealkylation sites (tertiary alicyclic amines) is 1. The van der Waals surface area contributed by atoms with Gasteiger partial charge in [0.05, 0.1) is 35.8 Å². The van der Waals surface area contributed by atoms with E-state index in [0.29, 0.717) is 60.8 Å². The molecule has 3 fully saturated rings. The number of nitrogens with zero attached hydrogens (tertiary/aromatic N) is 3. The van der Waals surface area contributed by atoms with Gasteiger partial charge in [0, 0.05) is 44.1 Å². The van der Waals surface area contributed by atoms with Crippen LogP contribution in [0.1, 0.15) is 46.5 Å². The molecule has 3 heterocycles. The summed E-state index contributed by atoms with van der Waals surface area (Å²) in [4.78, 5) is 53.6. The number of rotatable bonds is 13. The Labute approximate surface area is 349 Å². The van der Waals surface area contributed by atoms with Crippen LogP contribution in [0.2, 0.25) is 15.1 Å². The van der Waals surface area contributed by atoms with E-state index in [2.05, 4.69) is 26.9 Å². The van der Waals surface area contributed by atoms with Crippen LogP contribution in [0, 0.1) is 11.3 Å². The maximum atomic E-state index is 14.9. The van der Waals surface area contributed by atoms with E-state index in [0.717, 1.165) is 0 Å². The van der Waals surface area contributed by atoms with Crippen LogP contribution in [-0.4, -0.2) is 83.6 Å². The van der Waals surface area contributed by atoms with Gasteiger partial charge in [0.15, 0.2) is 5.13 Å². The molecule has 3 aliphatic rings. The molecule has 3 amide bonds. The predicted octanol–water partition coefficient (Wildman–Crippen LogP) is 6.87. The van der Waals surface area contributed by atoms with Gasteiger partial charge in [-0.1, -0.05) is 61.7 Å². The highest BCUT2D eigenvalue weighted by Crippen LogP contribution is 2.46. The zero-order chi connectivity index (χ0) is 41.0. The van der Waals surface area contributed by atoms with E-state index >= 15 is 0 Å². The maximum absolute atomic E-state index is 14.9. The van der Waals surface area contributed by atoms with Gasteiger partial charge in [-0.25, -0.2) is 18.4 Å². The fourth-order valence-electron chi connectivity index (χ4n) is 7.07. The molecule has 1 saturated heterocycles. The Balaban J connectivity index is 1.19. The number of hydrogen-bond donors (Lipinski definition) is 3. The highest BCUT2D eigenvalue weighted by Gasteiger charge is 2.62. The van der Waals surface area contributed by atoms with E-state index in [1.807, 2.05) is 26.2 Å². The molecule has 0 radical (unpaired) electrons. The summed E-state index contributed by atoms with van der Waals surface area (Å²) in [6.45, 7) is 9.45. The number of amides is 3. The van der Waals surface area contributed by atoms with Crippen molar-refractivity contribution in [3.63, 3.8) is 0 Å². The summed E-state index contributed by atoms with van der Waals surface area (Å²) in [6, 6.07) is 8.29. The van der Waals surface area contributed by atoms with Gasteiger partial charge < -0.3 is 25.0 Å². The number of ether oxygens (including phenoxy) is 2. The number of hydrogen-bond acceptors (Lipinski definition) is 11. The lowest BCUT2D eigenvalue weighted by atomic mass is 9.85. The van der Waals surface area contributed by atoms with Crippen LogP contribution in [0.3, 0.4) is 0 Å². The van der Waals surface area contributed by atoms with Crippen LogP contribution in [0.4, 0.5) is 5.13 Å². The van der Waals surface area contributed by atoms with Crippen molar-refractivity contribution in [1.29, 1.82) is 0 Å². The van der Waals surface area contributed by atoms with Gasteiger partial charge in [-0.3, -0.25) is 19.1 Å². The molecule has 0 unspecified atom stereocenters. The number of halogens is 3. The summed E-state index contributed by atoms with van der Waals surface area (Å²) < 4.78 is 39.7. The predicted molar refractivity (Wildman–Crippen MR) is 222 cm³/mol. The molecule has 4 aromatic rings. The molecule has 5 atom stereocenters. The number of carbonyl (C=O) groups excluding carboxylic acids is 3. The number of sulfonamides is 1. The third kappa shape index (κ3) is 8.40. The van der Waals surface area contributed by atoms with Crippen molar-refractivity contribution >= 4 is 89.8 Å². The van der Waals surface area contributed by atoms with Gasteiger partial charge in [-0.2, -0.15) is 0 Å². The Morgan fingerprint density at radius 1 is 1.09 bits per heavy atom. The molecule has 1 aliphatic heterocycles. The van der Waals surface area contributed by atoms with E-state index in [1.165, 1.54) is 35.6 Å². The summed E-state index contributed by atoms with van der Waals surface area (Å²) in [6.07, 6.45) is 3.38. The lowest BCUT2D eigenvalue weighted by molar-refractivity contribution is -0.141. The number of thiazole rings is 1. The monoisotopic (exact) mass is 874 g/mol. The number of methoxy groups -OCH3 is 1. The Morgan fingerprint density at radius 3 is 2.46 bits per heavy atom. The Bertz CT molecular complexity index is 2380. The number of nitrogens with one attached hydrogen (secondary N) is 3. The molecule has 13 nitrogen and oxygen atoms in total. The Hall–Kier alpha value is -4.15. The average Bonchev–Trinajstić information content (AvgIpc) is 4.04. The molecule has 0 spiro atoms. The second-order valence-corrected chi connectivity index (χ2v) is 19.7. The molecular weight excluding hydrogens is 835 g/mol. The van der Waals surface area contributed by atoms with Crippen molar-refractivity contribution in [3.8, 4) is 22.9 Å². The molecule has 0 bridgehead atoms. The van der Waals surface area contributed by atoms with E-state index in [1.54, 1.807) is 36.4 Å². The van der Waals surface area contributed by atoms with E-state index in [4.69, 9.17) is 49.3 Å². The van der Waals surface area contributed by atoms with Gasteiger partial charge in [0.1, 0.15) is 29.5 Å². The molecular formula is C39H41Cl3N6O7S2. The highest BCUT2D eigenvalue weighted by molar-refractivity contribution is 7.91. The third-order valence-corrected chi connectivity index (χ3v) is 13.8. The number of aromatic nitrogens is 2. The quantitative estimate of drug-likeness (QED) is 0.121. The minimum absolute atomic E-state index is 0.0232. The number of pyridine rings is 1. The number of benzene rings is 2. The summed E-state index contributed by atoms with van der Waals surface area (Å²) >= 11 is 20.2. The molecule has 3 N–H and O–H groups in total. The molecule has 2 aliphatic carbocycles. The number of carbonyl (C=O) groups is 3. The average molecular weight is 876 g/mol. The Kier molecular flexibility index (Phi) is 11.2. The molecule has 2 aromatic heterocycles.